The largest absolute Gasteiger partial charge is 0.424 e. The predicted octanol–water partition coefficient (Wildman–Crippen LogP) is 2.43. The van der Waals surface area contributed by atoms with Gasteiger partial charge in [0, 0.05) is 31.7 Å². The molecule has 130 valence electrons. The minimum Gasteiger partial charge on any atom is -0.424 e. The zero-order valence-corrected chi connectivity index (χ0v) is 14.1. The summed E-state index contributed by atoms with van der Waals surface area (Å²) in [5.74, 6) is 0.913. The van der Waals surface area contributed by atoms with Crippen LogP contribution < -0.4 is 16.0 Å². The predicted molar refractivity (Wildman–Crippen MR) is 102 cm³/mol. The van der Waals surface area contributed by atoms with Crippen LogP contribution in [0.4, 0.5) is 11.8 Å². The lowest BCUT2D eigenvalue weighted by Gasteiger charge is -2.28. The molecule has 0 aliphatic carbocycles. The monoisotopic (exact) mass is 346 g/mol. The summed E-state index contributed by atoms with van der Waals surface area (Å²) in [7, 11) is 0. The zero-order valence-electron chi connectivity index (χ0n) is 14.1. The van der Waals surface area contributed by atoms with Crippen molar-refractivity contribution in [3.05, 3.63) is 42.6 Å². The highest BCUT2D eigenvalue weighted by molar-refractivity contribution is 5.94. The molecular weight excluding hydrogens is 328 g/mol. The maximum absolute atomic E-state index is 5.66. The Hall–Kier alpha value is -3.19. The second-order valence-corrected chi connectivity index (χ2v) is 6.37. The topological polar surface area (TPSA) is 93.1 Å². The maximum Gasteiger partial charge on any atom is 0.292 e. The Balaban J connectivity index is 1.65. The van der Waals surface area contributed by atoms with Gasteiger partial charge >= 0.3 is 0 Å². The first-order valence-electron chi connectivity index (χ1n) is 8.66. The molecule has 1 aliphatic rings. The Bertz CT molecular complexity index is 1100. The van der Waals surface area contributed by atoms with Crippen LogP contribution in [0.5, 0.6) is 0 Å². The fourth-order valence-electron chi connectivity index (χ4n) is 3.41. The molecule has 1 fully saturated rings. The van der Waals surface area contributed by atoms with Crippen molar-refractivity contribution in [2.75, 3.05) is 36.8 Å². The molecule has 2 aromatic carbocycles. The fraction of sp³-hybridized carbons (Fsp3) is 0.211. The summed E-state index contributed by atoms with van der Waals surface area (Å²) in [5, 5.41) is 3.36. The van der Waals surface area contributed by atoms with Gasteiger partial charge in [-0.05, 0) is 23.8 Å². The molecule has 26 heavy (non-hydrogen) atoms. The molecule has 4 aromatic rings. The molecule has 0 saturated carbocycles. The lowest BCUT2D eigenvalue weighted by molar-refractivity contribution is 0.585. The van der Waals surface area contributed by atoms with Gasteiger partial charge in [0.15, 0.2) is 5.58 Å². The molecule has 1 aliphatic heterocycles. The molecule has 0 unspecified atom stereocenters. The zero-order chi connectivity index (χ0) is 17.5. The molecule has 1 saturated heterocycles. The van der Waals surface area contributed by atoms with E-state index in [0.29, 0.717) is 5.58 Å². The number of fused-ring (bicyclic) bond motifs is 2. The van der Waals surface area contributed by atoms with E-state index in [2.05, 4.69) is 26.3 Å². The number of piperazine rings is 1. The highest BCUT2D eigenvalue weighted by Gasteiger charge is 2.15. The maximum atomic E-state index is 5.66. The molecule has 0 amide bonds. The van der Waals surface area contributed by atoms with Crippen molar-refractivity contribution in [1.82, 2.24) is 20.3 Å². The second-order valence-electron chi connectivity index (χ2n) is 6.37. The third kappa shape index (κ3) is 2.53. The third-order valence-corrected chi connectivity index (χ3v) is 4.72. The first kappa shape index (κ1) is 15.1. The van der Waals surface area contributed by atoms with E-state index in [-0.39, 0.29) is 6.01 Å². The fourth-order valence-corrected chi connectivity index (χ4v) is 3.41. The van der Waals surface area contributed by atoms with Gasteiger partial charge in [-0.3, -0.25) is 4.98 Å². The molecule has 3 N–H and O–H groups in total. The molecular formula is C19H18N6O. The van der Waals surface area contributed by atoms with E-state index in [1.165, 1.54) is 0 Å². The van der Waals surface area contributed by atoms with Crippen LogP contribution in [0, 0.1) is 0 Å². The van der Waals surface area contributed by atoms with Gasteiger partial charge in [0.2, 0.25) is 0 Å². The second kappa shape index (κ2) is 5.96. The number of nitrogens with two attached hydrogens (primary N) is 1. The molecule has 0 radical (unpaired) electrons. The number of nitrogens with one attached hydrogen (secondary N) is 1. The van der Waals surface area contributed by atoms with Crippen LogP contribution in [-0.4, -0.2) is 41.1 Å². The van der Waals surface area contributed by atoms with Crippen molar-refractivity contribution in [2.45, 2.75) is 0 Å². The first-order chi connectivity index (χ1) is 12.8. The number of nitrogens with zero attached hydrogens (tertiary/aromatic N) is 4. The average molecular weight is 346 g/mol. The van der Waals surface area contributed by atoms with E-state index < -0.39 is 0 Å². The van der Waals surface area contributed by atoms with Gasteiger partial charge in [-0.25, -0.2) is 4.98 Å². The van der Waals surface area contributed by atoms with E-state index in [0.717, 1.165) is 59.7 Å². The summed E-state index contributed by atoms with van der Waals surface area (Å²) in [5.41, 5.74) is 10.9. The minimum absolute atomic E-state index is 0.177. The van der Waals surface area contributed by atoms with Gasteiger partial charge in [-0.15, -0.1) is 0 Å². The number of hydrogen-bond acceptors (Lipinski definition) is 7. The van der Waals surface area contributed by atoms with Crippen LogP contribution in [-0.2, 0) is 0 Å². The normalized spacial score (nSPS) is 15.0. The lowest BCUT2D eigenvalue weighted by atomic mass is 10.0. The van der Waals surface area contributed by atoms with Crippen LogP contribution in [0.1, 0.15) is 0 Å². The van der Waals surface area contributed by atoms with Crippen LogP contribution in [0.15, 0.2) is 47.0 Å². The summed E-state index contributed by atoms with van der Waals surface area (Å²) in [4.78, 5) is 16.0. The van der Waals surface area contributed by atoms with Crippen molar-refractivity contribution in [3.8, 4) is 11.1 Å². The Morgan fingerprint density at radius 2 is 1.92 bits per heavy atom. The highest BCUT2D eigenvalue weighted by atomic mass is 16.4. The number of benzene rings is 2. The van der Waals surface area contributed by atoms with Crippen LogP contribution >= 0.6 is 0 Å². The van der Waals surface area contributed by atoms with E-state index in [1.54, 1.807) is 0 Å². The summed E-state index contributed by atoms with van der Waals surface area (Å²) in [6.45, 7) is 3.80. The number of para-hydroxylation sites is 1. The number of nitrogen functional groups attached to an aromatic ring is 1. The van der Waals surface area contributed by atoms with Crippen LogP contribution in [0.2, 0.25) is 0 Å². The number of oxazole rings is 1. The average Bonchev–Trinajstić information content (AvgIpc) is 3.07. The Kier molecular flexibility index (Phi) is 3.46. The molecule has 7 nitrogen and oxygen atoms in total. The quantitative estimate of drug-likeness (QED) is 0.576. The summed E-state index contributed by atoms with van der Waals surface area (Å²) < 4.78 is 5.48. The molecule has 7 heteroatoms. The third-order valence-electron chi connectivity index (χ3n) is 4.72. The molecule has 0 spiro atoms. The van der Waals surface area contributed by atoms with Crippen LogP contribution in [0.3, 0.4) is 0 Å². The van der Waals surface area contributed by atoms with E-state index in [1.807, 2.05) is 36.5 Å². The number of hydrogen-bond donors (Lipinski definition) is 2. The molecule has 3 heterocycles. The van der Waals surface area contributed by atoms with Gasteiger partial charge < -0.3 is 20.4 Å². The number of anilines is 2. The Labute approximate surface area is 149 Å². The van der Waals surface area contributed by atoms with Crippen molar-refractivity contribution >= 4 is 34.0 Å². The molecule has 0 atom stereocenters. The van der Waals surface area contributed by atoms with E-state index in [9.17, 15) is 0 Å². The molecule has 2 aromatic heterocycles. The molecule has 0 bridgehead atoms. The minimum atomic E-state index is 0.177. The molecule has 5 rings (SSSR count). The Morgan fingerprint density at radius 3 is 2.81 bits per heavy atom. The van der Waals surface area contributed by atoms with Crippen LogP contribution in [0.25, 0.3) is 33.3 Å². The van der Waals surface area contributed by atoms with Gasteiger partial charge in [0.25, 0.3) is 6.01 Å². The first-order valence-corrected chi connectivity index (χ1v) is 8.66. The van der Waals surface area contributed by atoms with Crippen molar-refractivity contribution < 1.29 is 4.42 Å². The summed E-state index contributed by atoms with van der Waals surface area (Å²) in [6.07, 6.45) is 1.86. The highest BCUT2D eigenvalue weighted by Crippen LogP contribution is 2.30. The Morgan fingerprint density at radius 1 is 1.04 bits per heavy atom. The van der Waals surface area contributed by atoms with Crippen molar-refractivity contribution in [3.63, 3.8) is 0 Å². The number of aromatic nitrogens is 3. The van der Waals surface area contributed by atoms with Gasteiger partial charge in [0.1, 0.15) is 11.3 Å². The van der Waals surface area contributed by atoms with Crippen molar-refractivity contribution in [2.24, 2.45) is 0 Å². The SMILES string of the molecule is Nc1nc2ccc(-c3cccc4ncc(N5CCNCC5)nc34)cc2o1. The number of rotatable bonds is 2. The summed E-state index contributed by atoms with van der Waals surface area (Å²) >= 11 is 0. The standard InChI is InChI=1S/C19H18N6O/c20-19-23-14-5-4-12(10-16(14)26-19)13-2-1-3-15-18(13)24-17(11-22-15)25-8-6-21-7-9-25/h1-5,10-11,21H,6-9H2,(H2,20,23). The van der Waals surface area contributed by atoms with Gasteiger partial charge in [-0.2, -0.15) is 4.98 Å². The van der Waals surface area contributed by atoms with Gasteiger partial charge in [-0.1, -0.05) is 18.2 Å². The summed E-state index contributed by atoms with van der Waals surface area (Å²) in [6, 6.07) is 12.1. The van der Waals surface area contributed by atoms with Crippen molar-refractivity contribution in [1.29, 1.82) is 0 Å². The lowest BCUT2D eigenvalue weighted by Crippen LogP contribution is -2.43. The van der Waals surface area contributed by atoms with E-state index in [4.69, 9.17) is 15.1 Å². The van der Waals surface area contributed by atoms with E-state index >= 15 is 0 Å². The smallest absolute Gasteiger partial charge is 0.292 e. The van der Waals surface area contributed by atoms with Gasteiger partial charge in [0.05, 0.1) is 17.2 Å².